The van der Waals surface area contributed by atoms with E-state index >= 15 is 0 Å². The highest BCUT2D eigenvalue weighted by Crippen LogP contribution is 2.14. The van der Waals surface area contributed by atoms with E-state index in [0.29, 0.717) is 0 Å². The predicted molar refractivity (Wildman–Crippen MR) is 91.9 cm³/mol. The molecule has 0 atom stereocenters. The van der Waals surface area contributed by atoms with Crippen molar-refractivity contribution >= 4 is 11.9 Å². The minimum Gasteiger partial charge on any atom is -1.00 e. The number of pyridine rings is 1. The van der Waals surface area contributed by atoms with Crippen molar-refractivity contribution in [2.45, 2.75) is 19.3 Å². The van der Waals surface area contributed by atoms with Crippen molar-refractivity contribution in [2.24, 2.45) is 17.9 Å². The van der Waals surface area contributed by atoms with E-state index < -0.39 is 0 Å². The summed E-state index contributed by atoms with van der Waals surface area (Å²) >= 11 is 0. The van der Waals surface area contributed by atoms with Crippen LogP contribution in [0.3, 0.4) is 0 Å². The Balaban J connectivity index is 0.00000264. The monoisotopic (exact) mass is 424 g/mol. The van der Waals surface area contributed by atoms with Crippen molar-refractivity contribution in [3.63, 3.8) is 0 Å². The van der Waals surface area contributed by atoms with Crippen LogP contribution >= 0.6 is 0 Å². The molecule has 0 bridgehead atoms. The lowest BCUT2D eigenvalue weighted by atomic mass is 10.2. The van der Waals surface area contributed by atoms with Crippen LogP contribution in [0.15, 0.2) is 60.0 Å². The first kappa shape index (κ1) is 19.6. The number of para-hydroxylation sites is 1. The minimum atomic E-state index is 0. The van der Waals surface area contributed by atoms with Crippen LogP contribution in [-0.4, -0.2) is 19.3 Å². The van der Waals surface area contributed by atoms with Crippen LogP contribution in [0.25, 0.3) is 0 Å². The van der Waals surface area contributed by atoms with E-state index in [-0.39, 0.29) is 24.0 Å². The van der Waals surface area contributed by atoms with Crippen LogP contribution in [-0.2, 0) is 7.05 Å². The maximum absolute atomic E-state index is 5.56. The molecular weight excluding hydrogens is 399 g/mol. The third-order valence-corrected chi connectivity index (χ3v) is 3.48. The number of halogens is 1. The van der Waals surface area contributed by atoms with Crippen molar-refractivity contribution in [3.8, 4) is 0 Å². The Kier molecular flexibility index (Phi) is 9.47. The van der Waals surface area contributed by atoms with Gasteiger partial charge in [0.05, 0.1) is 11.9 Å². The van der Waals surface area contributed by atoms with Gasteiger partial charge >= 0.3 is 0 Å². The first-order valence-corrected chi connectivity index (χ1v) is 7.81. The number of nitrogens with two attached hydrogens (primary N) is 1. The average Bonchev–Trinajstić information content (AvgIpc) is 2.56. The van der Waals surface area contributed by atoms with Gasteiger partial charge in [-0.3, -0.25) is 5.01 Å². The topological polar surface area (TPSA) is 45.5 Å². The number of unbranched alkanes of at least 4 members (excludes halogenated alkanes) is 2. The second-order valence-electron chi connectivity index (χ2n) is 5.35. The molecule has 0 aliphatic rings. The fourth-order valence-corrected chi connectivity index (χ4v) is 2.17. The lowest BCUT2D eigenvalue weighted by Crippen LogP contribution is -3.00. The summed E-state index contributed by atoms with van der Waals surface area (Å²) in [6.07, 6.45) is 9.26. The number of aromatic nitrogens is 1. The highest BCUT2D eigenvalue weighted by Gasteiger charge is 2.03. The van der Waals surface area contributed by atoms with E-state index in [0.717, 1.165) is 43.6 Å². The van der Waals surface area contributed by atoms with E-state index in [4.69, 9.17) is 5.73 Å². The standard InChI is InChI=1S/C18H25N4.HI/c1-21-14-10-17(11-15-21)16-20-22(13-7-3-6-12-19)18-8-4-2-5-9-18;/h2,4-5,8-11,14-16H,3,6-7,12-13,19H2,1H3;1H/q+1;/p-1. The summed E-state index contributed by atoms with van der Waals surface area (Å²) in [5, 5.41) is 6.72. The Bertz CT molecular complexity index is 569. The Hall–Kier alpha value is -1.47. The summed E-state index contributed by atoms with van der Waals surface area (Å²) in [7, 11) is 2.01. The fraction of sp³-hybridized carbons (Fsp3) is 0.333. The normalized spacial score (nSPS) is 10.5. The molecule has 0 aliphatic heterocycles. The van der Waals surface area contributed by atoms with Gasteiger partial charge in [0.25, 0.3) is 0 Å². The summed E-state index contributed by atoms with van der Waals surface area (Å²) in [5.41, 5.74) is 7.77. The van der Waals surface area contributed by atoms with Crippen LogP contribution in [0.4, 0.5) is 5.69 Å². The summed E-state index contributed by atoms with van der Waals surface area (Å²) < 4.78 is 2.01. The number of rotatable bonds is 8. The first-order valence-electron chi connectivity index (χ1n) is 7.81. The van der Waals surface area contributed by atoms with Crippen molar-refractivity contribution in [3.05, 3.63) is 60.4 Å². The van der Waals surface area contributed by atoms with Crippen LogP contribution in [0.2, 0.25) is 0 Å². The van der Waals surface area contributed by atoms with Crippen LogP contribution in [0, 0.1) is 0 Å². The van der Waals surface area contributed by atoms with E-state index in [1.54, 1.807) is 0 Å². The van der Waals surface area contributed by atoms with E-state index in [1.807, 2.05) is 48.4 Å². The summed E-state index contributed by atoms with van der Waals surface area (Å²) in [4.78, 5) is 0. The van der Waals surface area contributed by atoms with Gasteiger partial charge in [0, 0.05) is 24.2 Å². The quantitative estimate of drug-likeness (QED) is 0.204. The molecule has 0 amide bonds. The van der Waals surface area contributed by atoms with Crippen LogP contribution in [0.1, 0.15) is 24.8 Å². The highest BCUT2D eigenvalue weighted by atomic mass is 127. The van der Waals surface area contributed by atoms with Crippen molar-refractivity contribution in [2.75, 3.05) is 18.1 Å². The van der Waals surface area contributed by atoms with E-state index in [2.05, 4.69) is 34.4 Å². The molecule has 1 aromatic heterocycles. The van der Waals surface area contributed by atoms with Gasteiger partial charge in [-0.15, -0.1) is 0 Å². The molecule has 1 heterocycles. The molecule has 2 N–H and O–H groups in total. The zero-order chi connectivity index (χ0) is 15.6. The molecule has 0 fully saturated rings. The minimum absolute atomic E-state index is 0. The molecule has 0 aliphatic carbocycles. The van der Waals surface area contributed by atoms with Gasteiger partial charge in [-0.25, -0.2) is 4.57 Å². The predicted octanol–water partition coefficient (Wildman–Crippen LogP) is -0.515. The molecule has 4 nitrogen and oxygen atoms in total. The Morgan fingerprint density at radius 1 is 1.04 bits per heavy atom. The molecule has 0 saturated heterocycles. The number of anilines is 1. The molecule has 2 aromatic rings. The van der Waals surface area contributed by atoms with Crippen LogP contribution < -0.4 is 39.3 Å². The number of aryl methyl sites for hydroxylation is 1. The molecular formula is C18H25IN4. The molecule has 2 rings (SSSR count). The molecule has 0 unspecified atom stereocenters. The third kappa shape index (κ3) is 7.09. The third-order valence-electron chi connectivity index (χ3n) is 3.48. The second-order valence-corrected chi connectivity index (χ2v) is 5.35. The number of hydrogen-bond donors (Lipinski definition) is 1. The maximum Gasteiger partial charge on any atom is 0.169 e. The fourth-order valence-electron chi connectivity index (χ4n) is 2.17. The summed E-state index contributed by atoms with van der Waals surface area (Å²) in [5.74, 6) is 0. The van der Waals surface area contributed by atoms with Crippen molar-refractivity contribution < 1.29 is 28.5 Å². The van der Waals surface area contributed by atoms with Gasteiger partial charge in [-0.2, -0.15) is 5.10 Å². The molecule has 1 aromatic carbocycles. The number of hydrogen-bond acceptors (Lipinski definition) is 3. The lowest BCUT2D eigenvalue weighted by Gasteiger charge is -2.19. The Morgan fingerprint density at radius 2 is 1.74 bits per heavy atom. The van der Waals surface area contributed by atoms with Gasteiger partial charge in [0.2, 0.25) is 0 Å². The molecule has 5 heteroatoms. The van der Waals surface area contributed by atoms with Crippen LogP contribution in [0.5, 0.6) is 0 Å². The molecule has 124 valence electrons. The number of nitrogens with zero attached hydrogens (tertiary/aromatic N) is 3. The molecule has 0 radical (unpaired) electrons. The summed E-state index contributed by atoms with van der Waals surface area (Å²) in [6, 6.07) is 14.4. The zero-order valence-corrected chi connectivity index (χ0v) is 15.8. The second kappa shape index (κ2) is 11.1. The van der Waals surface area contributed by atoms with E-state index in [1.165, 1.54) is 0 Å². The molecule has 23 heavy (non-hydrogen) atoms. The van der Waals surface area contributed by atoms with Crippen molar-refractivity contribution in [1.29, 1.82) is 0 Å². The largest absolute Gasteiger partial charge is 1.00 e. The van der Waals surface area contributed by atoms with Gasteiger partial charge in [-0.05, 0) is 31.5 Å². The zero-order valence-electron chi connectivity index (χ0n) is 13.6. The van der Waals surface area contributed by atoms with Gasteiger partial charge in [0.15, 0.2) is 12.4 Å². The van der Waals surface area contributed by atoms with Gasteiger partial charge < -0.3 is 29.7 Å². The smallest absolute Gasteiger partial charge is 0.169 e. The Labute approximate surface area is 156 Å². The van der Waals surface area contributed by atoms with E-state index in [9.17, 15) is 0 Å². The van der Waals surface area contributed by atoms with Gasteiger partial charge in [0.1, 0.15) is 7.05 Å². The Morgan fingerprint density at radius 3 is 2.39 bits per heavy atom. The number of benzene rings is 1. The van der Waals surface area contributed by atoms with Crippen molar-refractivity contribution in [1.82, 2.24) is 0 Å². The average molecular weight is 424 g/mol. The lowest BCUT2D eigenvalue weighted by molar-refractivity contribution is -0.671. The van der Waals surface area contributed by atoms with Gasteiger partial charge in [-0.1, -0.05) is 24.6 Å². The highest BCUT2D eigenvalue weighted by molar-refractivity contribution is 5.79. The first-order chi connectivity index (χ1) is 10.8. The molecule has 0 spiro atoms. The molecule has 0 saturated carbocycles. The summed E-state index contributed by atoms with van der Waals surface area (Å²) in [6.45, 7) is 1.66. The SMILES string of the molecule is C[n+]1ccc(/C=N/N(CCCCCN)c2ccccc2)cc1.[I-]. The number of hydrazone groups is 1. The maximum atomic E-state index is 5.56.